The summed E-state index contributed by atoms with van der Waals surface area (Å²) in [6.45, 7) is 0.467. The van der Waals surface area contributed by atoms with E-state index in [9.17, 15) is 0 Å². The largest absolute Gasteiger partial charge is 0.480 e. The molecule has 0 aliphatic heterocycles. The average molecular weight is 195 g/mol. The Balaban J connectivity index is 2.99. The molecule has 0 bridgehead atoms. The van der Waals surface area contributed by atoms with Gasteiger partial charge in [-0.15, -0.1) is 0 Å². The Morgan fingerprint density at radius 2 is 2.21 bits per heavy atom. The highest BCUT2D eigenvalue weighted by molar-refractivity contribution is 5.53. The van der Waals surface area contributed by atoms with Gasteiger partial charge in [0.1, 0.15) is 0 Å². The molecule has 76 valence electrons. The first kappa shape index (κ1) is 10.5. The van der Waals surface area contributed by atoms with E-state index in [1.807, 2.05) is 0 Å². The lowest BCUT2D eigenvalue weighted by Gasteiger charge is -2.04. The van der Waals surface area contributed by atoms with Gasteiger partial charge in [0.15, 0.2) is 0 Å². The zero-order chi connectivity index (χ0) is 10.4. The molecule has 0 atom stereocenters. The van der Waals surface area contributed by atoms with Gasteiger partial charge in [-0.2, -0.15) is 4.98 Å². The summed E-state index contributed by atoms with van der Waals surface area (Å²) in [5.41, 5.74) is 6.11. The zero-order valence-electron chi connectivity index (χ0n) is 8.23. The molecular formula is C9H13N3O2. The number of methoxy groups -OCH3 is 2. The summed E-state index contributed by atoms with van der Waals surface area (Å²) < 4.78 is 9.93. The lowest BCUT2D eigenvalue weighted by Crippen LogP contribution is -1.98. The first-order valence-electron chi connectivity index (χ1n) is 4.13. The van der Waals surface area contributed by atoms with Gasteiger partial charge in [-0.1, -0.05) is 12.2 Å². The van der Waals surface area contributed by atoms with E-state index in [2.05, 4.69) is 9.97 Å². The molecule has 0 aliphatic carbocycles. The van der Waals surface area contributed by atoms with Crippen molar-refractivity contribution in [2.24, 2.45) is 5.73 Å². The van der Waals surface area contributed by atoms with Crippen LogP contribution in [0.4, 0.5) is 0 Å². The van der Waals surface area contributed by atoms with Crippen molar-refractivity contribution in [1.82, 2.24) is 9.97 Å². The maximum absolute atomic E-state index is 5.33. The summed E-state index contributed by atoms with van der Waals surface area (Å²) in [5, 5.41) is 0. The van der Waals surface area contributed by atoms with Crippen LogP contribution in [-0.4, -0.2) is 30.7 Å². The van der Waals surface area contributed by atoms with Crippen molar-refractivity contribution in [2.75, 3.05) is 20.8 Å². The van der Waals surface area contributed by atoms with E-state index in [1.54, 1.807) is 25.5 Å². The molecule has 1 rings (SSSR count). The van der Waals surface area contributed by atoms with Gasteiger partial charge in [-0.05, 0) is 0 Å². The third-order valence-corrected chi connectivity index (χ3v) is 1.57. The maximum atomic E-state index is 5.33. The number of ether oxygens (including phenoxy) is 2. The number of hydrogen-bond acceptors (Lipinski definition) is 5. The Morgan fingerprint density at radius 3 is 2.79 bits per heavy atom. The van der Waals surface area contributed by atoms with Gasteiger partial charge < -0.3 is 15.2 Å². The van der Waals surface area contributed by atoms with Crippen molar-refractivity contribution >= 4 is 6.08 Å². The van der Waals surface area contributed by atoms with Crippen molar-refractivity contribution in [1.29, 1.82) is 0 Å². The highest BCUT2D eigenvalue weighted by Crippen LogP contribution is 2.17. The van der Waals surface area contributed by atoms with E-state index < -0.39 is 0 Å². The van der Waals surface area contributed by atoms with E-state index in [-0.39, 0.29) is 6.01 Å². The molecule has 0 fully saturated rings. The number of hydrogen-bond donors (Lipinski definition) is 1. The van der Waals surface area contributed by atoms with Crippen molar-refractivity contribution < 1.29 is 9.47 Å². The van der Waals surface area contributed by atoms with Gasteiger partial charge in [-0.25, -0.2) is 4.98 Å². The highest BCUT2D eigenvalue weighted by atomic mass is 16.5. The number of aromatic nitrogens is 2. The molecule has 1 heterocycles. The second kappa shape index (κ2) is 5.18. The molecule has 0 saturated heterocycles. The Kier molecular flexibility index (Phi) is 3.87. The molecule has 0 radical (unpaired) electrons. The number of nitrogens with two attached hydrogens (primary N) is 1. The van der Waals surface area contributed by atoms with Crippen LogP contribution >= 0.6 is 0 Å². The molecule has 2 N–H and O–H groups in total. The molecule has 5 heteroatoms. The molecule has 0 aromatic carbocycles. The summed E-state index contributed by atoms with van der Waals surface area (Å²) in [5.74, 6) is 0.474. The normalized spacial score (nSPS) is 10.5. The lowest BCUT2D eigenvalue weighted by molar-refractivity contribution is 0.351. The van der Waals surface area contributed by atoms with Crippen molar-refractivity contribution in [3.8, 4) is 11.9 Å². The fourth-order valence-corrected chi connectivity index (χ4v) is 0.931. The summed E-state index contributed by atoms with van der Waals surface area (Å²) >= 11 is 0. The molecule has 1 aromatic rings. The van der Waals surface area contributed by atoms with Crippen LogP contribution in [0.1, 0.15) is 5.56 Å². The smallest absolute Gasteiger partial charge is 0.319 e. The van der Waals surface area contributed by atoms with Crippen LogP contribution in [0.5, 0.6) is 11.9 Å². The lowest BCUT2D eigenvalue weighted by atomic mass is 10.3. The third-order valence-electron chi connectivity index (χ3n) is 1.57. The Morgan fingerprint density at radius 1 is 1.43 bits per heavy atom. The molecule has 0 saturated carbocycles. The topological polar surface area (TPSA) is 70.3 Å². The first-order chi connectivity index (χ1) is 6.81. The van der Waals surface area contributed by atoms with Crippen molar-refractivity contribution in [2.45, 2.75) is 0 Å². The van der Waals surface area contributed by atoms with E-state index in [1.165, 1.54) is 7.11 Å². The third kappa shape index (κ3) is 2.43. The summed E-state index contributed by atoms with van der Waals surface area (Å²) in [4.78, 5) is 7.97. The molecule has 0 spiro atoms. The second-order valence-electron chi connectivity index (χ2n) is 2.46. The summed E-state index contributed by atoms with van der Waals surface area (Å²) in [6, 6.07) is 0.284. The second-order valence-corrected chi connectivity index (χ2v) is 2.46. The molecule has 14 heavy (non-hydrogen) atoms. The van der Waals surface area contributed by atoms with Gasteiger partial charge in [-0.3, -0.25) is 0 Å². The average Bonchev–Trinajstić information content (AvgIpc) is 2.26. The van der Waals surface area contributed by atoms with Crippen LogP contribution in [-0.2, 0) is 0 Å². The Bertz CT molecular complexity index is 326. The Labute approximate surface area is 82.6 Å². The van der Waals surface area contributed by atoms with Crippen LogP contribution in [0.2, 0.25) is 0 Å². The monoisotopic (exact) mass is 195 g/mol. The zero-order valence-corrected chi connectivity index (χ0v) is 8.23. The minimum absolute atomic E-state index is 0.284. The molecular weight excluding hydrogens is 182 g/mol. The van der Waals surface area contributed by atoms with Crippen LogP contribution in [0.25, 0.3) is 6.08 Å². The summed E-state index contributed by atoms with van der Waals surface area (Å²) in [6.07, 6.45) is 5.22. The Hall–Kier alpha value is -1.62. The minimum Gasteiger partial charge on any atom is -0.480 e. The number of nitrogens with zero attached hydrogens (tertiary/aromatic N) is 2. The van der Waals surface area contributed by atoms with Gasteiger partial charge in [0.2, 0.25) is 5.88 Å². The van der Waals surface area contributed by atoms with Crippen molar-refractivity contribution in [3.05, 3.63) is 17.8 Å². The van der Waals surface area contributed by atoms with Gasteiger partial charge in [0.05, 0.1) is 19.8 Å². The first-order valence-corrected chi connectivity index (χ1v) is 4.13. The van der Waals surface area contributed by atoms with Crippen LogP contribution < -0.4 is 15.2 Å². The van der Waals surface area contributed by atoms with Crippen LogP contribution in [0.3, 0.4) is 0 Å². The standard InChI is InChI=1S/C9H13N3O2/c1-13-8-7(4-3-5-10)6-11-9(12-8)14-2/h3-4,6H,5,10H2,1-2H3. The molecule has 0 unspecified atom stereocenters. The van der Waals surface area contributed by atoms with E-state index in [4.69, 9.17) is 15.2 Å². The fourth-order valence-electron chi connectivity index (χ4n) is 0.931. The fraction of sp³-hybridized carbons (Fsp3) is 0.333. The van der Waals surface area contributed by atoms with Crippen LogP contribution in [0, 0.1) is 0 Å². The van der Waals surface area contributed by atoms with Gasteiger partial charge >= 0.3 is 6.01 Å². The highest BCUT2D eigenvalue weighted by Gasteiger charge is 2.04. The predicted octanol–water partition coefficient (Wildman–Crippen LogP) is 0.466. The molecule has 0 amide bonds. The number of rotatable bonds is 4. The van der Waals surface area contributed by atoms with E-state index in [0.29, 0.717) is 12.4 Å². The molecule has 1 aromatic heterocycles. The predicted molar refractivity (Wildman–Crippen MR) is 53.2 cm³/mol. The summed E-state index contributed by atoms with van der Waals surface area (Å²) in [7, 11) is 3.05. The van der Waals surface area contributed by atoms with Crippen molar-refractivity contribution in [3.63, 3.8) is 0 Å². The van der Waals surface area contributed by atoms with Gasteiger partial charge in [0.25, 0.3) is 0 Å². The van der Waals surface area contributed by atoms with E-state index >= 15 is 0 Å². The van der Waals surface area contributed by atoms with Crippen LogP contribution in [0.15, 0.2) is 12.3 Å². The quantitative estimate of drug-likeness (QED) is 0.756. The maximum Gasteiger partial charge on any atom is 0.319 e. The molecule has 5 nitrogen and oxygen atoms in total. The van der Waals surface area contributed by atoms with E-state index in [0.717, 1.165) is 5.56 Å². The van der Waals surface area contributed by atoms with Gasteiger partial charge in [0, 0.05) is 12.7 Å². The SMILES string of the molecule is COc1ncc(C=CCN)c(OC)n1. The minimum atomic E-state index is 0.284. The molecule has 0 aliphatic rings.